The largest absolute Gasteiger partial charge is 0.339 e. The first-order valence-corrected chi connectivity index (χ1v) is 11.3. The second-order valence-electron chi connectivity index (χ2n) is 10.3. The van der Waals surface area contributed by atoms with E-state index in [1.807, 2.05) is 29.2 Å². The quantitative estimate of drug-likeness (QED) is 0.724. The highest BCUT2D eigenvalue weighted by Gasteiger charge is 2.50. The summed E-state index contributed by atoms with van der Waals surface area (Å²) in [6, 6.07) is 7.10. The summed E-state index contributed by atoms with van der Waals surface area (Å²) in [5.74, 6) is -0.362. The average molecular weight is 441 g/mol. The third kappa shape index (κ3) is 4.10. The van der Waals surface area contributed by atoms with Gasteiger partial charge in [-0.1, -0.05) is 45.0 Å². The van der Waals surface area contributed by atoms with Crippen molar-refractivity contribution < 1.29 is 19.2 Å². The molecule has 1 atom stereocenters. The van der Waals surface area contributed by atoms with Crippen LogP contribution in [0, 0.1) is 5.92 Å². The minimum atomic E-state index is -1.21. The molecule has 3 aliphatic rings. The van der Waals surface area contributed by atoms with Gasteiger partial charge < -0.3 is 15.1 Å². The summed E-state index contributed by atoms with van der Waals surface area (Å²) in [7, 11) is 0. The van der Waals surface area contributed by atoms with Crippen molar-refractivity contribution in [2.75, 3.05) is 32.7 Å². The summed E-state index contributed by atoms with van der Waals surface area (Å²) in [5.41, 5.74) is 0.594. The van der Waals surface area contributed by atoms with E-state index >= 15 is 0 Å². The van der Waals surface area contributed by atoms with Crippen molar-refractivity contribution in [1.29, 1.82) is 0 Å². The predicted octanol–water partition coefficient (Wildman–Crippen LogP) is 1.83. The number of imide groups is 1. The summed E-state index contributed by atoms with van der Waals surface area (Å²) in [5, 5.41) is 2.77. The number of nitrogens with one attached hydrogen (secondary N) is 1. The van der Waals surface area contributed by atoms with Crippen molar-refractivity contribution in [2.45, 2.75) is 51.5 Å². The Morgan fingerprint density at radius 3 is 2.09 bits per heavy atom. The van der Waals surface area contributed by atoms with Crippen LogP contribution in [0.2, 0.25) is 0 Å². The summed E-state index contributed by atoms with van der Waals surface area (Å²) >= 11 is 0. The molecule has 5 amide bonds. The van der Waals surface area contributed by atoms with Crippen molar-refractivity contribution in [3.8, 4) is 0 Å². The van der Waals surface area contributed by atoms with Gasteiger partial charge in [0, 0.05) is 32.1 Å². The maximum absolute atomic E-state index is 13.2. The molecule has 0 aromatic heterocycles. The van der Waals surface area contributed by atoms with E-state index in [1.54, 1.807) is 11.8 Å². The van der Waals surface area contributed by atoms with Crippen LogP contribution < -0.4 is 5.32 Å². The third-order valence-electron chi connectivity index (χ3n) is 6.77. The number of benzene rings is 1. The molecular weight excluding hydrogens is 408 g/mol. The van der Waals surface area contributed by atoms with Gasteiger partial charge in [-0.15, -0.1) is 0 Å². The number of hydrogen-bond acceptors (Lipinski definition) is 4. The molecule has 0 unspecified atom stereocenters. The maximum atomic E-state index is 13.2. The zero-order valence-corrected chi connectivity index (χ0v) is 19.3. The smallest absolute Gasteiger partial charge is 0.325 e. The van der Waals surface area contributed by atoms with Crippen molar-refractivity contribution >= 4 is 23.8 Å². The molecule has 32 heavy (non-hydrogen) atoms. The Morgan fingerprint density at radius 1 is 1.00 bits per heavy atom. The second kappa shape index (κ2) is 7.90. The lowest BCUT2D eigenvalue weighted by Gasteiger charge is -2.35. The van der Waals surface area contributed by atoms with Gasteiger partial charge in [0.2, 0.25) is 11.8 Å². The van der Waals surface area contributed by atoms with E-state index < -0.39 is 17.5 Å². The van der Waals surface area contributed by atoms with Gasteiger partial charge in [0.15, 0.2) is 0 Å². The van der Waals surface area contributed by atoms with Crippen molar-refractivity contribution in [3.05, 3.63) is 35.4 Å². The minimum absolute atomic E-state index is 0.0197. The van der Waals surface area contributed by atoms with Crippen LogP contribution in [0.1, 0.15) is 51.7 Å². The molecule has 3 fully saturated rings. The van der Waals surface area contributed by atoms with Gasteiger partial charge in [0.25, 0.3) is 5.91 Å². The Hall–Kier alpha value is -2.90. The van der Waals surface area contributed by atoms with Gasteiger partial charge in [-0.3, -0.25) is 19.3 Å². The zero-order valence-electron chi connectivity index (χ0n) is 19.3. The van der Waals surface area contributed by atoms with Crippen LogP contribution in [0.5, 0.6) is 0 Å². The van der Waals surface area contributed by atoms with Crippen molar-refractivity contribution in [1.82, 2.24) is 20.0 Å². The van der Waals surface area contributed by atoms with E-state index in [0.717, 1.165) is 23.3 Å². The van der Waals surface area contributed by atoms with Crippen LogP contribution in [-0.2, 0) is 25.3 Å². The molecule has 2 aliphatic heterocycles. The molecular formula is C24H32N4O4. The van der Waals surface area contributed by atoms with E-state index in [4.69, 9.17) is 0 Å². The summed E-state index contributed by atoms with van der Waals surface area (Å²) < 4.78 is 0. The van der Waals surface area contributed by atoms with Crippen LogP contribution in [0.25, 0.3) is 0 Å². The lowest BCUT2D eigenvalue weighted by molar-refractivity contribution is -0.142. The highest BCUT2D eigenvalue weighted by Crippen LogP contribution is 2.32. The normalized spacial score (nSPS) is 24.1. The monoisotopic (exact) mass is 440 g/mol. The predicted molar refractivity (Wildman–Crippen MR) is 119 cm³/mol. The standard InChI is InChI=1S/C24H32N4O4/c1-23(2,3)17-7-9-18(10-8-17)24(4)21(31)28(22(32)25-24)15-19(29)26-11-13-27(14-12-26)20(30)16-5-6-16/h7-10,16H,5-6,11-15H2,1-4H3,(H,25,32)/t24-/m1/s1. The lowest BCUT2D eigenvalue weighted by Crippen LogP contribution is -2.53. The van der Waals surface area contributed by atoms with Crippen molar-refractivity contribution in [2.24, 2.45) is 5.92 Å². The maximum Gasteiger partial charge on any atom is 0.325 e. The van der Waals surface area contributed by atoms with E-state index in [2.05, 4.69) is 26.1 Å². The summed E-state index contributed by atoms with van der Waals surface area (Å²) in [6.07, 6.45) is 1.92. The molecule has 2 saturated heterocycles. The Morgan fingerprint density at radius 2 is 1.56 bits per heavy atom. The topological polar surface area (TPSA) is 90.0 Å². The molecule has 0 spiro atoms. The summed E-state index contributed by atoms with van der Waals surface area (Å²) in [4.78, 5) is 55.3. The number of amides is 5. The average Bonchev–Trinajstić information content (AvgIpc) is 3.58. The number of rotatable bonds is 4. The molecule has 1 N–H and O–H groups in total. The van der Waals surface area contributed by atoms with E-state index in [-0.39, 0.29) is 29.7 Å². The second-order valence-corrected chi connectivity index (χ2v) is 10.3. The zero-order chi connectivity index (χ0) is 23.3. The Bertz CT molecular complexity index is 940. The number of urea groups is 1. The van der Waals surface area contributed by atoms with Gasteiger partial charge in [-0.2, -0.15) is 0 Å². The van der Waals surface area contributed by atoms with Crippen LogP contribution in [0.15, 0.2) is 24.3 Å². The highest BCUT2D eigenvalue weighted by atomic mass is 16.2. The van der Waals surface area contributed by atoms with Crippen molar-refractivity contribution in [3.63, 3.8) is 0 Å². The molecule has 1 saturated carbocycles. The number of carbonyl (C=O) groups is 4. The molecule has 1 aliphatic carbocycles. The lowest BCUT2D eigenvalue weighted by atomic mass is 9.84. The highest BCUT2D eigenvalue weighted by molar-refractivity contribution is 6.09. The molecule has 1 aromatic rings. The molecule has 8 nitrogen and oxygen atoms in total. The SMILES string of the molecule is CC(C)(C)c1ccc([C@@]2(C)NC(=O)N(CC(=O)N3CCN(C(=O)C4CC4)CC3)C2=O)cc1. The van der Waals surface area contributed by atoms with E-state index in [9.17, 15) is 19.2 Å². The fourth-order valence-electron chi connectivity index (χ4n) is 4.34. The molecule has 0 bridgehead atoms. The Labute approximate surface area is 188 Å². The third-order valence-corrected chi connectivity index (χ3v) is 6.77. The number of carbonyl (C=O) groups excluding carboxylic acids is 4. The number of nitrogens with zero attached hydrogens (tertiary/aromatic N) is 3. The Balaban J connectivity index is 1.39. The first kappa shape index (κ1) is 22.3. The number of piperazine rings is 1. The fourth-order valence-corrected chi connectivity index (χ4v) is 4.34. The Kier molecular flexibility index (Phi) is 5.51. The van der Waals surface area contributed by atoms with Gasteiger partial charge in [-0.25, -0.2) is 4.79 Å². The summed E-state index contributed by atoms with van der Waals surface area (Å²) in [6.45, 7) is 9.56. The van der Waals surface area contributed by atoms with Crippen LogP contribution in [0.4, 0.5) is 4.79 Å². The van der Waals surface area contributed by atoms with Crippen LogP contribution in [0.3, 0.4) is 0 Å². The molecule has 172 valence electrons. The van der Waals surface area contributed by atoms with Gasteiger partial charge >= 0.3 is 6.03 Å². The molecule has 2 heterocycles. The van der Waals surface area contributed by atoms with E-state index in [1.165, 1.54) is 0 Å². The first-order valence-electron chi connectivity index (χ1n) is 11.3. The first-order chi connectivity index (χ1) is 15.0. The fraction of sp³-hybridized carbons (Fsp3) is 0.583. The minimum Gasteiger partial charge on any atom is -0.339 e. The molecule has 4 rings (SSSR count). The van der Waals surface area contributed by atoms with E-state index in [0.29, 0.717) is 31.7 Å². The van der Waals surface area contributed by atoms with Crippen LogP contribution in [-0.4, -0.2) is 71.2 Å². The van der Waals surface area contributed by atoms with Crippen LogP contribution >= 0.6 is 0 Å². The molecule has 1 aromatic carbocycles. The number of hydrogen-bond donors (Lipinski definition) is 1. The molecule has 8 heteroatoms. The van der Waals surface area contributed by atoms with Gasteiger partial charge in [0.05, 0.1) is 0 Å². The van der Waals surface area contributed by atoms with Gasteiger partial charge in [0.1, 0.15) is 12.1 Å². The van der Waals surface area contributed by atoms with Gasteiger partial charge in [-0.05, 0) is 36.3 Å². The molecule has 0 radical (unpaired) electrons.